The number of hydrogen-bond donors (Lipinski definition) is 1. The number of aliphatic hydroxyl groups excluding tert-OH is 1. The number of carbonyl (C=O) groups is 3. The van der Waals surface area contributed by atoms with Crippen LogP contribution in [0.15, 0.2) is 23.5 Å². The van der Waals surface area contributed by atoms with Gasteiger partial charge in [-0.05, 0) is 18.4 Å². The molecule has 3 aliphatic heterocycles. The van der Waals surface area contributed by atoms with Crippen molar-refractivity contribution in [1.29, 1.82) is 0 Å². The minimum absolute atomic E-state index is 0.0252. The molecule has 3 heterocycles. The number of fused-ring (bicyclic) bond motifs is 1. The highest BCUT2D eigenvalue weighted by molar-refractivity contribution is 6.20. The molecule has 1 N–H and O–H groups in total. The number of hydrogen-bond acceptors (Lipinski definition) is 6. The van der Waals surface area contributed by atoms with Crippen LogP contribution in [0.25, 0.3) is 0 Å². The van der Waals surface area contributed by atoms with Gasteiger partial charge in [-0.25, -0.2) is 4.79 Å². The minimum atomic E-state index is -1.18. The van der Waals surface area contributed by atoms with E-state index in [0.717, 1.165) is 0 Å². The Morgan fingerprint density at radius 3 is 2.60 bits per heavy atom. The van der Waals surface area contributed by atoms with Crippen LogP contribution in [0.5, 0.6) is 0 Å². The molecule has 1 spiro atoms. The third kappa shape index (κ3) is 2.09. The first-order chi connectivity index (χ1) is 11.8. The molecule has 134 valence electrons. The van der Waals surface area contributed by atoms with E-state index in [1.54, 1.807) is 19.9 Å². The lowest BCUT2D eigenvalue weighted by Gasteiger charge is -2.54. The van der Waals surface area contributed by atoms with Crippen molar-refractivity contribution < 1.29 is 29.0 Å². The van der Waals surface area contributed by atoms with E-state index in [9.17, 15) is 19.5 Å². The summed E-state index contributed by atoms with van der Waals surface area (Å²) in [4.78, 5) is 37.8. The number of esters is 1. The Bertz CT molecular complexity index is 734. The van der Waals surface area contributed by atoms with Crippen LogP contribution in [0.2, 0.25) is 0 Å². The summed E-state index contributed by atoms with van der Waals surface area (Å²) in [6.07, 6.45) is 2.51. The van der Waals surface area contributed by atoms with Gasteiger partial charge < -0.3 is 14.6 Å². The van der Waals surface area contributed by atoms with E-state index in [1.165, 1.54) is 6.08 Å². The van der Waals surface area contributed by atoms with Crippen molar-refractivity contribution in [3.63, 3.8) is 0 Å². The predicted molar refractivity (Wildman–Crippen MR) is 86.1 cm³/mol. The molecule has 5 bridgehead atoms. The van der Waals surface area contributed by atoms with Crippen molar-refractivity contribution in [3.8, 4) is 0 Å². The number of rotatable bonds is 0. The summed E-state index contributed by atoms with van der Waals surface area (Å²) in [5.41, 5.74) is -1.21. The van der Waals surface area contributed by atoms with E-state index in [0.29, 0.717) is 12.8 Å². The van der Waals surface area contributed by atoms with Crippen LogP contribution >= 0.6 is 0 Å². The zero-order chi connectivity index (χ0) is 18.1. The summed E-state index contributed by atoms with van der Waals surface area (Å²) in [7, 11) is 0. The Morgan fingerprint density at radius 2 is 1.88 bits per heavy atom. The fraction of sp³-hybridized carbons (Fsp3) is 0.632. The number of ether oxygens (including phenoxy) is 2. The van der Waals surface area contributed by atoms with Crippen LogP contribution in [0, 0.1) is 23.7 Å². The molecule has 2 unspecified atom stereocenters. The minimum Gasteiger partial charge on any atom is -0.486 e. The second kappa shape index (κ2) is 5.27. The quantitative estimate of drug-likeness (QED) is 0.526. The van der Waals surface area contributed by atoms with Gasteiger partial charge in [0.15, 0.2) is 22.9 Å². The van der Waals surface area contributed by atoms with Crippen LogP contribution in [0.4, 0.5) is 0 Å². The molecule has 7 atom stereocenters. The summed E-state index contributed by atoms with van der Waals surface area (Å²) >= 11 is 0. The lowest BCUT2D eigenvalue weighted by molar-refractivity contribution is -0.220. The van der Waals surface area contributed by atoms with Gasteiger partial charge in [0.25, 0.3) is 0 Å². The van der Waals surface area contributed by atoms with Gasteiger partial charge in [-0.2, -0.15) is 0 Å². The Balaban J connectivity index is 1.93. The first kappa shape index (κ1) is 16.5. The molecular weight excluding hydrogens is 324 g/mol. The normalized spacial score (nSPS) is 47.3. The van der Waals surface area contributed by atoms with Gasteiger partial charge in [-0.1, -0.05) is 26.8 Å². The Morgan fingerprint density at radius 1 is 1.16 bits per heavy atom. The third-order valence-corrected chi connectivity index (χ3v) is 6.13. The second-order valence-electron chi connectivity index (χ2n) is 7.93. The van der Waals surface area contributed by atoms with Gasteiger partial charge in [-0.3, -0.25) is 9.59 Å². The van der Waals surface area contributed by atoms with Gasteiger partial charge in [-0.15, -0.1) is 0 Å². The highest BCUT2D eigenvalue weighted by Gasteiger charge is 2.67. The molecule has 2 saturated heterocycles. The van der Waals surface area contributed by atoms with E-state index in [4.69, 9.17) is 9.47 Å². The Kier molecular flexibility index (Phi) is 3.48. The largest absolute Gasteiger partial charge is 0.486 e. The molecule has 25 heavy (non-hydrogen) atoms. The van der Waals surface area contributed by atoms with Crippen LogP contribution < -0.4 is 0 Å². The van der Waals surface area contributed by atoms with E-state index < -0.39 is 35.6 Å². The molecule has 5 aliphatic rings. The third-order valence-electron chi connectivity index (χ3n) is 6.13. The molecule has 0 amide bonds. The highest BCUT2D eigenvalue weighted by Crippen LogP contribution is 2.56. The summed E-state index contributed by atoms with van der Waals surface area (Å²) in [6.45, 7) is 5.41. The number of allylic oxidation sites excluding steroid dienone is 1. The fourth-order valence-corrected chi connectivity index (χ4v) is 4.79. The van der Waals surface area contributed by atoms with Crippen molar-refractivity contribution in [3.05, 3.63) is 23.5 Å². The summed E-state index contributed by atoms with van der Waals surface area (Å²) in [6, 6.07) is 0. The lowest BCUT2D eigenvalue weighted by Crippen LogP contribution is -2.63. The van der Waals surface area contributed by atoms with E-state index in [1.807, 2.05) is 6.92 Å². The SMILES string of the molecule is C[C@@H]1C[C@H](C)C(=O)/C=C/C2[C@H](O)C3OC4=C(C(=O)O[C@@]42C[C@H]3C)C1=O. The predicted octanol–water partition coefficient (Wildman–Crippen LogP) is 1.32. The second-order valence-corrected chi connectivity index (χ2v) is 7.93. The topological polar surface area (TPSA) is 89.9 Å². The number of ketones is 2. The zero-order valence-corrected chi connectivity index (χ0v) is 14.5. The van der Waals surface area contributed by atoms with Crippen molar-refractivity contribution in [2.24, 2.45) is 23.7 Å². The molecule has 0 aromatic heterocycles. The van der Waals surface area contributed by atoms with E-state index >= 15 is 0 Å². The van der Waals surface area contributed by atoms with Crippen LogP contribution in [-0.2, 0) is 23.9 Å². The zero-order valence-electron chi connectivity index (χ0n) is 14.5. The highest BCUT2D eigenvalue weighted by atomic mass is 16.6. The summed E-state index contributed by atoms with van der Waals surface area (Å²) in [5.74, 6) is -2.27. The monoisotopic (exact) mass is 346 g/mol. The van der Waals surface area contributed by atoms with Gasteiger partial charge >= 0.3 is 5.97 Å². The molecular formula is C19H22O6. The molecule has 1 saturated carbocycles. The molecule has 0 radical (unpaired) electrons. The maximum Gasteiger partial charge on any atom is 0.346 e. The van der Waals surface area contributed by atoms with Crippen molar-refractivity contribution >= 4 is 17.5 Å². The molecule has 0 aromatic carbocycles. The summed E-state index contributed by atoms with van der Waals surface area (Å²) in [5, 5.41) is 10.7. The Labute approximate surface area is 145 Å². The smallest absolute Gasteiger partial charge is 0.346 e. The van der Waals surface area contributed by atoms with E-state index in [2.05, 4.69) is 0 Å². The maximum atomic E-state index is 12.9. The lowest BCUT2D eigenvalue weighted by atomic mass is 9.64. The first-order valence-electron chi connectivity index (χ1n) is 8.85. The van der Waals surface area contributed by atoms with Gasteiger partial charge in [0.05, 0.1) is 5.92 Å². The summed E-state index contributed by atoms with van der Waals surface area (Å²) < 4.78 is 11.6. The van der Waals surface area contributed by atoms with E-state index in [-0.39, 0.29) is 34.7 Å². The van der Waals surface area contributed by atoms with Crippen LogP contribution in [0.3, 0.4) is 0 Å². The molecule has 0 aromatic rings. The van der Waals surface area contributed by atoms with Crippen molar-refractivity contribution in [2.75, 3.05) is 0 Å². The fourth-order valence-electron chi connectivity index (χ4n) is 4.79. The first-order valence-corrected chi connectivity index (χ1v) is 8.85. The number of Topliss-reactive ketones (excluding diaryl/α,β-unsaturated/α-hetero) is 1. The van der Waals surface area contributed by atoms with Gasteiger partial charge in [0, 0.05) is 18.3 Å². The standard InChI is InChI=1S/C19H22O6/c1-8-6-9(2)14(21)13-17-19(25-18(13)23)7-10(3)16(24-17)15(22)11(19)4-5-12(8)20/h4-5,8-11,15-16,22H,6-7H2,1-3H3/b5-4+/t8-,9+,10+,11?,15-,16?,19+/m0/s1. The number of carbonyl (C=O) groups excluding carboxylic acids is 3. The molecule has 5 rings (SSSR count). The molecule has 3 fully saturated rings. The van der Waals surface area contributed by atoms with Gasteiger partial charge in [0.2, 0.25) is 0 Å². The van der Waals surface area contributed by atoms with Crippen LogP contribution in [-0.4, -0.2) is 40.5 Å². The maximum absolute atomic E-state index is 12.9. The van der Waals surface area contributed by atoms with Crippen molar-refractivity contribution in [1.82, 2.24) is 0 Å². The molecule has 2 aliphatic carbocycles. The Hall–Kier alpha value is -1.95. The number of aliphatic hydroxyl groups is 1. The van der Waals surface area contributed by atoms with Gasteiger partial charge in [0.1, 0.15) is 17.8 Å². The van der Waals surface area contributed by atoms with Crippen molar-refractivity contribution in [2.45, 2.75) is 51.4 Å². The molecule has 6 heteroatoms. The molecule has 6 nitrogen and oxygen atoms in total. The van der Waals surface area contributed by atoms with Crippen LogP contribution in [0.1, 0.15) is 33.6 Å². The average molecular weight is 346 g/mol. The average Bonchev–Trinajstić information content (AvgIpc) is 2.83.